The number of nitrogens with two attached hydrogens (primary N) is 1. The van der Waals surface area contributed by atoms with Crippen molar-refractivity contribution in [2.24, 2.45) is 17.8 Å². The number of rotatable bonds is 10. The lowest BCUT2D eigenvalue weighted by Gasteiger charge is -2.18. The van der Waals surface area contributed by atoms with Crippen molar-refractivity contribution in [3.8, 4) is 10.4 Å². The predicted octanol–water partition coefficient (Wildman–Crippen LogP) is 4.78. The summed E-state index contributed by atoms with van der Waals surface area (Å²) in [4.78, 5) is 23.6. The van der Waals surface area contributed by atoms with Gasteiger partial charge in [-0.1, -0.05) is 60.4 Å². The van der Waals surface area contributed by atoms with E-state index in [9.17, 15) is 13.2 Å². The molecule has 0 saturated heterocycles. The number of hydrogen-bond acceptors (Lipinski definition) is 9. The van der Waals surface area contributed by atoms with Crippen LogP contribution in [0, 0.1) is 0 Å². The third-order valence-corrected chi connectivity index (χ3v) is 13.9. The zero-order valence-corrected chi connectivity index (χ0v) is 27.6. The second kappa shape index (κ2) is 10.9. The maximum absolute atomic E-state index is 14.2. The van der Waals surface area contributed by atoms with E-state index in [-0.39, 0.29) is 32.2 Å². The van der Waals surface area contributed by atoms with Gasteiger partial charge < -0.3 is 10.5 Å². The highest BCUT2D eigenvalue weighted by atomic mass is 127. The van der Waals surface area contributed by atoms with Crippen LogP contribution in [0.2, 0.25) is 25.7 Å². The first kappa shape index (κ1) is 29.3. The molecule has 13 heteroatoms. The molecule has 2 heterocycles. The fourth-order valence-electron chi connectivity index (χ4n) is 4.87. The van der Waals surface area contributed by atoms with E-state index in [1.54, 1.807) is 43.6 Å². The van der Waals surface area contributed by atoms with Crippen LogP contribution >= 0.6 is 33.9 Å². The summed E-state index contributed by atoms with van der Waals surface area (Å²) in [6, 6.07) is 9.28. The van der Waals surface area contributed by atoms with Crippen molar-refractivity contribution in [3.05, 3.63) is 75.4 Å². The highest BCUT2D eigenvalue weighted by Gasteiger charge is 2.62. The standard InChI is InChI=1S/C27H32IN5O4S2Si/c1-33-26(34)21-18(15-31-33)22-24(27(28)14-19(21)27)32-25(38-22)23(39(35,36)17-8-6-5-7-9-17)20(10-11-29)30-16-37-12-13-40(2,3)4/h5-11,15,19,23H,12-14,16,29H2,1-4H3. The summed E-state index contributed by atoms with van der Waals surface area (Å²) in [6.45, 7) is 7.36. The second-order valence-corrected chi connectivity index (χ2v) is 21.9. The van der Waals surface area contributed by atoms with E-state index in [1.807, 2.05) is 0 Å². The number of sulfone groups is 1. The molecule has 2 aliphatic carbocycles. The van der Waals surface area contributed by atoms with Gasteiger partial charge in [0.2, 0.25) is 0 Å². The van der Waals surface area contributed by atoms with Gasteiger partial charge in [0, 0.05) is 38.8 Å². The Hall–Kier alpha value is -2.20. The molecule has 3 aromatic rings. The molecule has 0 aliphatic heterocycles. The molecule has 0 bridgehead atoms. The molecule has 2 aliphatic rings. The topological polar surface area (TPSA) is 130 Å². The minimum atomic E-state index is -3.98. The van der Waals surface area contributed by atoms with Gasteiger partial charge in [0.1, 0.15) is 11.7 Å². The molecule has 2 aromatic heterocycles. The van der Waals surface area contributed by atoms with Crippen LogP contribution in [-0.2, 0) is 25.0 Å². The maximum Gasteiger partial charge on any atom is 0.270 e. The molecule has 3 atom stereocenters. The predicted molar refractivity (Wildman–Crippen MR) is 170 cm³/mol. The van der Waals surface area contributed by atoms with Crippen molar-refractivity contribution in [2.45, 2.75) is 51.6 Å². The van der Waals surface area contributed by atoms with Crippen molar-refractivity contribution < 1.29 is 13.2 Å². The van der Waals surface area contributed by atoms with Crippen LogP contribution in [0.4, 0.5) is 0 Å². The van der Waals surface area contributed by atoms with Crippen LogP contribution in [-0.4, -0.2) is 50.3 Å². The second-order valence-electron chi connectivity index (χ2n) is 11.3. The van der Waals surface area contributed by atoms with Gasteiger partial charge in [0.15, 0.2) is 15.1 Å². The summed E-state index contributed by atoms with van der Waals surface area (Å²) in [5.41, 5.74) is 8.19. The van der Waals surface area contributed by atoms with Gasteiger partial charge >= 0.3 is 0 Å². The van der Waals surface area contributed by atoms with E-state index < -0.39 is 23.2 Å². The molecular weight excluding hydrogens is 677 g/mol. The number of aliphatic imine (C=N–C) groups is 1. The highest BCUT2D eigenvalue weighted by Crippen LogP contribution is 2.70. The number of fused-ring (bicyclic) bond motifs is 6. The minimum absolute atomic E-state index is 0.0111. The summed E-state index contributed by atoms with van der Waals surface area (Å²) >= 11 is 3.65. The Labute approximate surface area is 252 Å². The molecule has 0 amide bonds. The Morgan fingerprint density at radius 3 is 2.75 bits per heavy atom. The third kappa shape index (κ3) is 5.38. The molecule has 2 N–H and O–H groups in total. The van der Waals surface area contributed by atoms with E-state index in [2.05, 4.69) is 52.3 Å². The summed E-state index contributed by atoms with van der Waals surface area (Å²) in [7, 11) is -3.63. The lowest BCUT2D eigenvalue weighted by molar-refractivity contribution is 0.155. The van der Waals surface area contributed by atoms with Crippen molar-refractivity contribution in [1.82, 2.24) is 14.8 Å². The van der Waals surface area contributed by atoms with Gasteiger partial charge in [-0.15, -0.1) is 11.3 Å². The zero-order valence-electron chi connectivity index (χ0n) is 22.8. The van der Waals surface area contributed by atoms with Crippen molar-refractivity contribution in [1.29, 1.82) is 0 Å². The number of thiazole rings is 1. The molecule has 40 heavy (non-hydrogen) atoms. The Balaban J connectivity index is 1.63. The van der Waals surface area contributed by atoms with Crippen LogP contribution in [0.3, 0.4) is 0 Å². The lowest BCUT2D eigenvalue weighted by atomic mass is 9.96. The molecule has 1 saturated carbocycles. The quantitative estimate of drug-likeness (QED) is 0.106. The maximum atomic E-state index is 14.2. The number of aryl methyl sites for hydroxylation is 1. The largest absolute Gasteiger partial charge is 0.405 e. The van der Waals surface area contributed by atoms with E-state index in [0.29, 0.717) is 11.6 Å². The first-order valence-corrected chi connectivity index (χ1v) is 20.1. The molecule has 1 aromatic carbocycles. The normalized spacial score (nSPS) is 21.1. The lowest BCUT2D eigenvalue weighted by Crippen LogP contribution is -2.26. The fraction of sp³-hybridized carbons (Fsp3) is 0.407. The molecular formula is C27H32IN5O4S2Si. The minimum Gasteiger partial charge on any atom is -0.405 e. The van der Waals surface area contributed by atoms with Crippen LogP contribution < -0.4 is 11.3 Å². The summed E-state index contributed by atoms with van der Waals surface area (Å²) in [5, 5.41) is 3.43. The summed E-state index contributed by atoms with van der Waals surface area (Å²) in [5.74, 6) is 0.0215. The molecule has 9 nitrogen and oxygen atoms in total. The van der Waals surface area contributed by atoms with Gasteiger partial charge in [-0.05, 0) is 36.9 Å². The van der Waals surface area contributed by atoms with Gasteiger partial charge in [-0.25, -0.2) is 18.1 Å². The summed E-state index contributed by atoms with van der Waals surface area (Å²) < 4.78 is 35.2. The first-order chi connectivity index (χ1) is 18.9. The molecule has 3 unspecified atom stereocenters. The Morgan fingerprint density at radius 2 is 2.08 bits per heavy atom. The fourth-order valence-corrected chi connectivity index (χ4v) is 10.2. The van der Waals surface area contributed by atoms with Gasteiger partial charge in [-0.3, -0.25) is 9.79 Å². The average molecular weight is 710 g/mol. The number of benzene rings is 1. The van der Waals surface area contributed by atoms with Gasteiger partial charge in [0.05, 0.1) is 30.8 Å². The Bertz CT molecular complexity index is 1660. The number of allylic oxidation sites excluding steroid dienone is 1. The summed E-state index contributed by atoms with van der Waals surface area (Å²) in [6.07, 6.45) is 5.26. The molecule has 1 fully saturated rings. The van der Waals surface area contributed by atoms with Crippen molar-refractivity contribution in [2.75, 3.05) is 13.3 Å². The monoisotopic (exact) mass is 709 g/mol. The first-order valence-electron chi connectivity index (χ1n) is 12.9. The zero-order chi connectivity index (χ0) is 28.9. The van der Waals surface area contributed by atoms with Crippen LogP contribution in [0.5, 0.6) is 0 Å². The number of aromatic nitrogens is 3. The van der Waals surface area contributed by atoms with E-state index >= 15 is 0 Å². The molecule has 0 radical (unpaired) electrons. The molecule has 212 valence electrons. The SMILES string of the molecule is Cn1ncc2c(c1=O)C1CC1(I)c1nc(C(C(C=CN)=NCOCC[Si](C)(C)C)S(=O)(=O)c3ccccc3)sc1-2. The average Bonchev–Trinajstić information content (AvgIpc) is 3.39. The smallest absolute Gasteiger partial charge is 0.270 e. The molecule has 0 spiro atoms. The van der Waals surface area contributed by atoms with Crippen LogP contribution in [0.25, 0.3) is 10.4 Å². The van der Waals surface area contributed by atoms with Gasteiger partial charge in [-0.2, -0.15) is 5.10 Å². The number of halogens is 1. The number of nitrogens with zero attached hydrogens (tertiary/aromatic N) is 4. The van der Waals surface area contributed by atoms with E-state index in [0.717, 1.165) is 34.2 Å². The Morgan fingerprint density at radius 1 is 1.35 bits per heavy atom. The Kier molecular flexibility index (Phi) is 7.98. The van der Waals surface area contributed by atoms with E-state index in [1.165, 1.54) is 28.3 Å². The van der Waals surface area contributed by atoms with Crippen molar-refractivity contribution >= 4 is 57.6 Å². The van der Waals surface area contributed by atoms with Crippen LogP contribution in [0.15, 0.2) is 63.5 Å². The van der Waals surface area contributed by atoms with Gasteiger partial charge in [0.25, 0.3) is 5.56 Å². The number of ether oxygens (including phenoxy) is 1. The van der Waals surface area contributed by atoms with E-state index in [4.69, 9.17) is 15.5 Å². The third-order valence-electron chi connectivity index (χ3n) is 7.18. The van der Waals surface area contributed by atoms with Crippen molar-refractivity contribution in [3.63, 3.8) is 0 Å². The molecule has 5 rings (SSSR count). The number of alkyl halides is 1. The number of hydrogen-bond donors (Lipinski definition) is 1. The van der Waals surface area contributed by atoms with Crippen LogP contribution in [0.1, 0.15) is 33.9 Å². The highest BCUT2D eigenvalue weighted by molar-refractivity contribution is 14.1.